The van der Waals surface area contributed by atoms with E-state index in [4.69, 9.17) is 17.0 Å². The van der Waals surface area contributed by atoms with Crippen LogP contribution in [0.15, 0.2) is 24.3 Å². The van der Waals surface area contributed by atoms with Gasteiger partial charge < -0.3 is 0 Å². The zero-order chi connectivity index (χ0) is 7.82. The molecule has 0 aromatic heterocycles. The first-order valence-corrected chi connectivity index (χ1v) is 8.72. The molecule has 0 bridgehead atoms. The Morgan fingerprint density at radius 2 is 1.70 bits per heavy atom. The summed E-state index contributed by atoms with van der Waals surface area (Å²) in [6.07, 6.45) is 0. The minimum atomic E-state index is -0.826. The Bertz CT molecular complexity index is 157. The predicted octanol–water partition coefficient (Wildman–Crippen LogP) is 3.00. The summed E-state index contributed by atoms with van der Waals surface area (Å²) >= 11 is -0.826. The van der Waals surface area contributed by atoms with Gasteiger partial charge in [-0.2, -0.15) is 18.2 Å². The van der Waals surface area contributed by atoms with Crippen LogP contribution >= 0.6 is 17.0 Å². The molecule has 1 rings (SSSR count). The van der Waals surface area contributed by atoms with Crippen molar-refractivity contribution in [3.63, 3.8) is 0 Å². The van der Waals surface area contributed by atoms with Crippen LogP contribution in [-0.4, -0.2) is 0 Å². The third kappa shape index (κ3) is 6.73. The minimum absolute atomic E-state index is 0.209. The Kier molecular flexibility index (Phi) is 8.19. The average Bonchev–Trinajstić information content (AvgIpc) is 1.91. The van der Waals surface area contributed by atoms with Crippen molar-refractivity contribution in [3.05, 3.63) is 36.1 Å². The number of benzene rings is 1. The van der Waals surface area contributed by atoms with E-state index in [2.05, 4.69) is 6.07 Å². The summed E-state index contributed by atoms with van der Waals surface area (Å²) in [7, 11) is 9.87. The van der Waals surface area contributed by atoms with Gasteiger partial charge in [0.15, 0.2) is 0 Å². The normalized spacial score (nSPS) is 7.50. The molecule has 0 aliphatic rings. The van der Waals surface area contributed by atoms with E-state index >= 15 is 0 Å². The number of hydrogen-bond donors (Lipinski definition) is 0. The van der Waals surface area contributed by atoms with Gasteiger partial charge in [0.25, 0.3) is 0 Å². The molecule has 0 aliphatic carbocycles. The van der Waals surface area contributed by atoms with E-state index in [0.717, 1.165) is 0 Å². The van der Waals surface area contributed by atoms with Crippen LogP contribution in [0.2, 0.25) is 0 Å². The van der Waals surface area contributed by atoms with Crippen LogP contribution in [0.3, 0.4) is 0 Å². The average molecular weight is 257 g/mol. The van der Waals surface area contributed by atoms with Crippen LogP contribution in [0.25, 0.3) is 0 Å². The molecule has 0 heterocycles. The molecule has 0 saturated heterocycles. The first-order valence-electron chi connectivity index (χ1n) is 2.39. The summed E-state index contributed by atoms with van der Waals surface area (Å²) in [4.78, 5) is 0. The van der Waals surface area contributed by atoms with E-state index in [1.165, 1.54) is 24.3 Å². The second kappa shape index (κ2) is 7.72. The summed E-state index contributed by atoms with van der Waals surface area (Å²) in [6.45, 7) is 0. The van der Waals surface area contributed by atoms with Crippen LogP contribution < -0.4 is 0 Å². The molecule has 54 valence electrons. The third-order valence-corrected chi connectivity index (χ3v) is 0.678. The van der Waals surface area contributed by atoms with Gasteiger partial charge in [-0.1, -0.05) is 0 Å². The molecule has 0 spiro atoms. The first-order chi connectivity index (χ1) is 4.81. The Balaban J connectivity index is 0.000000236. The fourth-order valence-corrected chi connectivity index (χ4v) is 0.367. The molecule has 0 radical (unpaired) electrons. The number of hydrogen-bond acceptors (Lipinski definition) is 0. The van der Waals surface area contributed by atoms with Crippen molar-refractivity contribution >= 4 is 17.0 Å². The van der Waals surface area contributed by atoms with Crippen molar-refractivity contribution in [3.8, 4) is 0 Å². The van der Waals surface area contributed by atoms with Crippen molar-refractivity contribution in [2.24, 2.45) is 0 Å². The number of halogens is 3. The quantitative estimate of drug-likeness (QED) is 0.627. The van der Waals surface area contributed by atoms with E-state index in [0.29, 0.717) is 0 Å². The van der Waals surface area contributed by atoms with Gasteiger partial charge in [-0.25, -0.2) is 4.39 Å². The van der Waals surface area contributed by atoms with Gasteiger partial charge in [0.2, 0.25) is 0 Å². The summed E-state index contributed by atoms with van der Waals surface area (Å²) in [5, 5.41) is 0. The molecule has 10 heavy (non-hydrogen) atoms. The molecule has 0 amide bonds. The number of rotatable bonds is 0. The molecule has 0 aliphatic heterocycles. The molecule has 4 heteroatoms. The van der Waals surface area contributed by atoms with Crippen LogP contribution in [0.1, 0.15) is 0 Å². The van der Waals surface area contributed by atoms with Crippen molar-refractivity contribution in [2.75, 3.05) is 0 Å². The fraction of sp³-hybridized carbons (Fsp3) is 0. The first kappa shape index (κ1) is 10.6. The van der Waals surface area contributed by atoms with Gasteiger partial charge in [0, 0.05) is 5.82 Å². The molecule has 0 atom stereocenters. The molecule has 0 N–H and O–H groups in total. The molecule has 1 aromatic carbocycles. The fourth-order valence-electron chi connectivity index (χ4n) is 0.367. The van der Waals surface area contributed by atoms with Crippen LogP contribution in [0.4, 0.5) is 4.39 Å². The summed E-state index contributed by atoms with van der Waals surface area (Å²) in [6, 6.07) is 8.49. The predicted molar refractivity (Wildman–Crippen MR) is 36.9 cm³/mol. The van der Waals surface area contributed by atoms with Crippen molar-refractivity contribution in [1.82, 2.24) is 0 Å². The van der Waals surface area contributed by atoms with E-state index in [-0.39, 0.29) is 5.82 Å². The third-order valence-electron chi connectivity index (χ3n) is 0.678. The second-order valence-corrected chi connectivity index (χ2v) is 5.02. The van der Waals surface area contributed by atoms with Gasteiger partial charge in [-0.05, 0) is 0 Å². The summed E-state index contributed by atoms with van der Waals surface area (Å²) < 4.78 is 11.9. The standard InChI is InChI=1S/C6H4F.2ClH.Zr/c7-6-4-2-1-3-5-6;;;/h2-5H;2*1H;/q-1;;;+2/p-2. The molecular formula is C6H4Cl2FZr-. The van der Waals surface area contributed by atoms with E-state index in [9.17, 15) is 4.39 Å². The van der Waals surface area contributed by atoms with Crippen molar-refractivity contribution in [1.29, 1.82) is 0 Å². The molecule has 0 unspecified atom stereocenters. The van der Waals surface area contributed by atoms with Crippen LogP contribution in [-0.2, 0) is 20.8 Å². The van der Waals surface area contributed by atoms with Gasteiger partial charge in [-0.3, -0.25) is 0 Å². The molecule has 0 fully saturated rings. The molecule has 0 nitrogen and oxygen atoms in total. The SMILES string of the molecule is Fc1cc[c-]cc1.[Cl][Zr][Cl]. The Hall–Kier alpha value is 0.613. The zero-order valence-electron chi connectivity index (χ0n) is 4.94. The van der Waals surface area contributed by atoms with Crippen molar-refractivity contribution in [2.45, 2.75) is 0 Å². The molecule has 0 saturated carbocycles. The Labute approximate surface area is 78.0 Å². The molecular weight excluding hydrogens is 253 g/mol. The van der Waals surface area contributed by atoms with Crippen LogP contribution in [0.5, 0.6) is 0 Å². The Morgan fingerprint density at radius 1 is 1.30 bits per heavy atom. The second-order valence-electron chi connectivity index (χ2n) is 1.29. The Morgan fingerprint density at radius 3 is 1.90 bits per heavy atom. The van der Waals surface area contributed by atoms with E-state index < -0.39 is 20.8 Å². The van der Waals surface area contributed by atoms with Gasteiger partial charge >= 0.3 is 37.9 Å². The summed E-state index contributed by atoms with van der Waals surface area (Å²) in [5.41, 5.74) is 0. The topological polar surface area (TPSA) is 0 Å². The van der Waals surface area contributed by atoms with Gasteiger partial charge in [0.1, 0.15) is 0 Å². The van der Waals surface area contributed by atoms with E-state index in [1.54, 1.807) is 0 Å². The molecule has 1 aromatic rings. The van der Waals surface area contributed by atoms with Gasteiger partial charge in [0.05, 0.1) is 0 Å². The van der Waals surface area contributed by atoms with Gasteiger partial charge in [-0.15, -0.1) is 12.1 Å². The maximum atomic E-state index is 11.9. The maximum absolute atomic E-state index is 11.9. The summed E-state index contributed by atoms with van der Waals surface area (Å²) in [5.74, 6) is -0.209. The monoisotopic (exact) mass is 255 g/mol. The van der Waals surface area contributed by atoms with Crippen LogP contribution in [0, 0.1) is 11.9 Å². The van der Waals surface area contributed by atoms with Crippen molar-refractivity contribution < 1.29 is 25.2 Å². The zero-order valence-corrected chi connectivity index (χ0v) is 8.91. The van der Waals surface area contributed by atoms with E-state index in [1.807, 2.05) is 0 Å².